The van der Waals surface area contributed by atoms with Crippen molar-refractivity contribution in [3.05, 3.63) is 151 Å². The topological polar surface area (TPSA) is 38.7 Å². The third-order valence-electron chi connectivity index (χ3n) is 7.38. The molecular formula is C38H27N3. The molecule has 0 saturated heterocycles. The Morgan fingerprint density at radius 3 is 1.59 bits per heavy atom. The molecule has 0 aliphatic heterocycles. The molecule has 5 aromatic carbocycles. The summed E-state index contributed by atoms with van der Waals surface area (Å²) in [6.45, 7) is 2.01. The summed E-state index contributed by atoms with van der Waals surface area (Å²) in [4.78, 5) is 14.8. The Kier molecular flexibility index (Phi) is 6.38. The van der Waals surface area contributed by atoms with Crippen LogP contribution < -0.4 is 0 Å². The molecule has 0 bridgehead atoms. The summed E-state index contributed by atoms with van der Waals surface area (Å²) in [7, 11) is 0. The molecule has 7 rings (SSSR count). The molecule has 41 heavy (non-hydrogen) atoms. The third-order valence-corrected chi connectivity index (χ3v) is 7.38. The molecule has 3 heteroatoms. The van der Waals surface area contributed by atoms with Gasteiger partial charge in [-0.05, 0) is 70.8 Å². The van der Waals surface area contributed by atoms with E-state index in [2.05, 4.69) is 108 Å². The Bertz CT molecular complexity index is 1920. The molecule has 0 aliphatic carbocycles. The Hall–Kier alpha value is -5.41. The van der Waals surface area contributed by atoms with Gasteiger partial charge in [0.15, 0.2) is 5.82 Å². The van der Waals surface area contributed by atoms with Gasteiger partial charge in [0.2, 0.25) is 0 Å². The number of aromatic nitrogens is 3. The van der Waals surface area contributed by atoms with Crippen LogP contribution in [-0.2, 0) is 0 Å². The van der Waals surface area contributed by atoms with E-state index >= 15 is 0 Å². The van der Waals surface area contributed by atoms with Crippen molar-refractivity contribution in [2.45, 2.75) is 6.92 Å². The van der Waals surface area contributed by atoms with Crippen LogP contribution in [0.15, 0.2) is 146 Å². The number of hydrogen-bond acceptors (Lipinski definition) is 3. The maximum absolute atomic E-state index is 5.11. The number of pyridine rings is 1. The largest absolute Gasteiger partial charge is 0.261 e. The van der Waals surface area contributed by atoms with Crippen molar-refractivity contribution >= 4 is 10.8 Å². The van der Waals surface area contributed by atoms with E-state index in [1.165, 1.54) is 10.8 Å². The minimum Gasteiger partial charge on any atom is -0.261 e. The lowest BCUT2D eigenvalue weighted by Crippen LogP contribution is -1.97. The maximum Gasteiger partial charge on any atom is 0.160 e. The lowest BCUT2D eigenvalue weighted by atomic mass is 9.95. The fourth-order valence-electron chi connectivity index (χ4n) is 5.19. The average molecular weight is 526 g/mol. The highest BCUT2D eigenvalue weighted by Crippen LogP contribution is 2.35. The van der Waals surface area contributed by atoms with Crippen molar-refractivity contribution in [3.63, 3.8) is 0 Å². The summed E-state index contributed by atoms with van der Waals surface area (Å²) in [6.07, 6.45) is 1.94. The molecule has 0 fully saturated rings. The van der Waals surface area contributed by atoms with Gasteiger partial charge in [-0.15, -0.1) is 0 Å². The number of rotatable bonds is 5. The maximum atomic E-state index is 5.11. The van der Waals surface area contributed by atoms with E-state index in [-0.39, 0.29) is 0 Å². The van der Waals surface area contributed by atoms with E-state index in [9.17, 15) is 0 Å². The lowest BCUT2D eigenvalue weighted by Gasteiger charge is -2.13. The summed E-state index contributed by atoms with van der Waals surface area (Å²) >= 11 is 0. The van der Waals surface area contributed by atoms with Crippen LogP contribution in [0.2, 0.25) is 0 Å². The van der Waals surface area contributed by atoms with Gasteiger partial charge in [-0.25, -0.2) is 9.97 Å². The van der Waals surface area contributed by atoms with Crippen LogP contribution in [0.25, 0.3) is 66.9 Å². The highest BCUT2D eigenvalue weighted by atomic mass is 14.9. The second-order valence-electron chi connectivity index (χ2n) is 10.2. The van der Waals surface area contributed by atoms with E-state index in [4.69, 9.17) is 9.97 Å². The summed E-state index contributed by atoms with van der Waals surface area (Å²) in [6, 6.07) is 48.6. The van der Waals surface area contributed by atoms with E-state index in [1.807, 2.05) is 49.5 Å². The molecule has 0 atom stereocenters. The molecule has 0 spiro atoms. The molecule has 0 N–H and O–H groups in total. The van der Waals surface area contributed by atoms with Crippen molar-refractivity contribution in [2.24, 2.45) is 0 Å². The van der Waals surface area contributed by atoms with Crippen LogP contribution in [0.3, 0.4) is 0 Å². The first kappa shape index (κ1) is 24.6. The average Bonchev–Trinajstić information content (AvgIpc) is 3.05. The van der Waals surface area contributed by atoms with E-state index < -0.39 is 0 Å². The van der Waals surface area contributed by atoms with Gasteiger partial charge in [-0.3, -0.25) is 4.98 Å². The van der Waals surface area contributed by atoms with Crippen molar-refractivity contribution in [1.29, 1.82) is 0 Å². The summed E-state index contributed by atoms with van der Waals surface area (Å²) in [5.41, 5.74) is 10.2. The second kappa shape index (κ2) is 10.6. The van der Waals surface area contributed by atoms with E-state index in [0.29, 0.717) is 5.82 Å². The van der Waals surface area contributed by atoms with Crippen LogP contribution in [0.4, 0.5) is 0 Å². The van der Waals surface area contributed by atoms with Gasteiger partial charge in [0.05, 0.1) is 11.4 Å². The second-order valence-corrected chi connectivity index (χ2v) is 10.2. The fourth-order valence-corrected chi connectivity index (χ4v) is 5.19. The molecule has 2 aromatic heterocycles. The van der Waals surface area contributed by atoms with Crippen molar-refractivity contribution in [1.82, 2.24) is 15.0 Å². The molecule has 2 heterocycles. The normalized spacial score (nSPS) is 11.0. The first-order valence-corrected chi connectivity index (χ1v) is 13.8. The Balaban J connectivity index is 1.45. The van der Waals surface area contributed by atoms with Crippen molar-refractivity contribution in [2.75, 3.05) is 0 Å². The summed E-state index contributed by atoms with van der Waals surface area (Å²) < 4.78 is 0. The number of benzene rings is 5. The molecule has 0 unspecified atom stereocenters. The molecule has 0 radical (unpaired) electrons. The first-order chi connectivity index (χ1) is 20.2. The molecule has 3 nitrogen and oxygen atoms in total. The summed E-state index contributed by atoms with van der Waals surface area (Å²) in [5, 5.41) is 2.43. The zero-order valence-electron chi connectivity index (χ0n) is 22.7. The number of aryl methyl sites for hydroxylation is 1. The predicted octanol–water partition coefficient (Wildman–Crippen LogP) is 9.67. The van der Waals surface area contributed by atoms with Crippen LogP contribution in [-0.4, -0.2) is 15.0 Å². The quantitative estimate of drug-likeness (QED) is 0.224. The van der Waals surface area contributed by atoms with Crippen molar-refractivity contribution < 1.29 is 0 Å². The first-order valence-electron chi connectivity index (χ1n) is 13.8. The minimum atomic E-state index is 0.689. The summed E-state index contributed by atoms with van der Waals surface area (Å²) in [5.74, 6) is 0.689. The molecule has 194 valence electrons. The van der Waals surface area contributed by atoms with Gasteiger partial charge in [0.25, 0.3) is 0 Å². The van der Waals surface area contributed by atoms with Crippen LogP contribution >= 0.6 is 0 Å². The van der Waals surface area contributed by atoms with Gasteiger partial charge < -0.3 is 0 Å². The standard InChI is InChI=1S/C38H27N3/c1-26-16-17-32(25-39-26)34-21-33(31-19-18-27-10-8-9-15-30(27)20-31)22-35(23-34)38-40-36(28-11-4-2-5-12-28)24-37(41-38)29-13-6-3-7-14-29/h2-25H,1H3. The highest BCUT2D eigenvalue weighted by Gasteiger charge is 2.14. The van der Waals surface area contributed by atoms with Gasteiger partial charge >= 0.3 is 0 Å². The lowest BCUT2D eigenvalue weighted by molar-refractivity contribution is 1.18. The SMILES string of the molecule is Cc1ccc(-c2cc(-c3ccc4ccccc4c3)cc(-c3nc(-c4ccccc4)cc(-c4ccccc4)n3)c2)cn1. The number of nitrogens with zero attached hydrogens (tertiary/aromatic N) is 3. The Morgan fingerprint density at radius 1 is 0.390 bits per heavy atom. The number of hydrogen-bond donors (Lipinski definition) is 0. The van der Waals surface area contributed by atoms with Gasteiger partial charge in [-0.1, -0.05) is 103 Å². The molecule has 0 saturated carbocycles. The predicted molar refractivity (Wildman–Crippen MR) is 169 cm³/mol. The van der Waals surface area contributed by atoms with E-state index in [0.717, 1.165) is 56.0 Å². The Labute approximate surface area is 239 Å². The molecular weight excluding hydrogens is 498 g/mol. The fraction of sp³-hybridized carbons (Fsp3) is 0.0263. The van der Waals surface area contributed by atoms with Gasteiger partial charge in [0, 0.05) is 34.1 Å². The van der Waals surface area contributed by atoms with Crippen molar-refractivity contribution in [3.8, 4) is 56.2 Å². The number of fused-ring (bicyclic) bond motifs is 1. The van der Waals surface area contributed by atoms with Gasteiger partial charge in [0.1, 0.15) is 0 Å². The third kappa shape index (κ3) is 5.13. The van der Waals surface area contributed by atoms with Gasteiger partial charge in [-0.2, -0.15) is 0 Å². The van der Waals surface area contributed by atoms with Crippen LogP contribution in [0, 0.1) is 6.92 Å². The van der Waals surface area contributed by atoms with Crippen LogP contribution in [0.1, 0.15) is 5.69 Å². The highest BCUT2D eigenvalue weighted by molar-refractivity contribution is 5.89. The minimum absolute atomic E-state index is 0.689. The smallest absolute Gasteiger partial charge is 0.160 e. The Morgan fingerprint density at radius 2 is 0.951 bits per heavy atom. The molecule has 0 aliphatic rings. The zero-order chi connectivity index (χ0) is 27.6. The monoisotopic (exact) mass is 525 g/mol. The van der Waals surface area contributed by atoms with E-state index in [1.54, 1.807) is 0 Å². The molecule has 0 amide bonds. The van der Waals surface area contributed by atoms with Crippen LogP contribution in [0.5, 0.6) is 0 Å². The zero-order valence-corrected chi connectivity index (χ0v) is 22.7. The molecule has 7 aromatic rings.